The average Bonchev–Trinajstić information content (AvgIpc) is 3.29. The molecule has 2 fully saturated rings. The number of phenols is 1. The maximum atomic E-state index is 13.8. The van der Waals surface area contributed by atoms with E-state index in [1.807, 2.05) is 11.0 Å². The first-order chi connectivity index (χ1) is 17.0. The number of nitrogens with zero attached hydrogens (tertiary/aromatic N) is 1. The predicted molar refractivity (Wildman–Crippen MR) is 138 cm³/mol. The Morgan fingerprint density at radius 2 is 1.83 bits per heavy atom. The number of carbonyl (C=O) groups excluding carboxylic acids is 1. The van der Waals surface area contributed by atoms with Crippen LogP contribution in [0.2, 0.25) is 0 Å². The van der Waals surface area contributed by atoms with Crippen LogP contribution in [0.3, 0.4) is 0 Å². The van der Waals surface area contributed by atoms with Crippen molar-refractivity contribution in [2.45, 2.75) is 75.3 Å². The Labute approximate surface area is 213 Å². The van der Waals surface area contributed by atoms with Crippen molar-refractivity contribution >= 4 is 15.9 Å². The Bertz CT molecular complexity index is 1270. The molecule has 2 aromatic carbocycles. The minimum Gasteiger partial charge on any atom is -0.508 e. The third-order valence-corrected chi connectivity index (χ3v) is 10.9. The molecule has 2 bridgehead atoms. The van der Waals surface area contributed by atoms with E-state index in [0.29, 0.717) is 43.7 Å². The van der Waals surface area contributed by atoms with Crippen molar-refractivity contribution < 1.29 is 23.1 Å². The van der Waals surface area contributed by atoms with Crippen LogP contribution in [0, 0.1) is 11.3 Å². The second-order valence-electron chi connectivity index (χ2n) is 11.4. The van der Waals surface area contributed by atoms with E-state index < -0.39 is 10.0 Å². The summed E-state index contributed by atoms with van der Waals surface area (Å²) in [5, 5.41) is 10.6. The molecular formula is C28H36N2O5S. The predicted octanol–water partition coefficient (Wildman–Crippen LogP) is 3.99. The van der Waals surface area contributed by atoms with Gasteiger partial charge in [-0.3, -0.25) is 4.79 Å². The number of hydrogen-bond donors (Lipinski definition) is 2. The summed E-state index contributed by atoms with van der Waals surface area (Å²) < 4.78 is 33.7. The fourth-order valence-corrected chi connectivity index (χ4v) is 8.06. The number of likely N-dealkylation sites (tertiary alicyclic amines) is 1. The summed E-state index contributed by atoms with van der Waals surface area (Å²) in [6.07, 6.45) is 3.26. The van der Waals surface area contributed by atoms with Crippen molar-refractivity contribution in [1.29, 1.82) is 0 Å². The van der Waals surface area contributed by atoms with Gasteiger partial charge in [-0.05, 0) is 79.0 Å². The molecule has 4 atom stereocenters. The highest BCUT2D eigenvalue weighted by Gasteiger charge is 2.57. The summed E-state index contributed by atoms with van der Waals surface area (Å²) in [7, 11) is -2.14. The molecule has 0 aromatic heterocycles. The number of rotatable bonds is 5. The van der Waals surface area contributed by atoms with Gasteiger partial charge in [0.1, 0.15) is 11.5 Å². The van der Waals surface area contributed by atoms with Crippen molar-refractivity contribution in [2.24, 2.45) is 11.3 Å². The zero-order valence-corrected chi connectivity index (χ0v) is 22.3. The number of fused-ring (bicyclic) bond motifs is 4. The lowest BCUT2D eigenvalue weighted by atomic mass is 9.51. The Balaban J connectivity index is 1.31. The van der Waals surface area contributed by atoms with E-state index in [0.717, 1.165) is 12.0 Å². The van der Waals surface area contributed by atoms with Gasteiger partial charge in [-0.1, -0.05) is 32.9 Å². The Hall–Kier alpha value is -2.58. The number of carbonyl (C=O) groups is 1. The van der Waals surface area contributed by atoms with E-state index in [9.17, 15) is 18.3 Å². The molecule has 5 rings (SSSR count). The molecule has 7 nitrogen and oxygen atoms in total. The lowest BCUT2D eigenvalue weighted by Gasteiger charge is -2.61. The smallest absolute Gasteiger partial charge is 0.240 e. The van der Waals surface area contributed by atoms with E-state index in [-0.39, 0.29) is 39.6 Å². The third kappa shape index (κ3) is 3.89. The molecule has 1 saturated heterocycles. The molecule has 1 saturated carbocycles. The second kappa shape index (κ2) is 8.77. The summed E-state index contributed by atoms with van der Waals surface area (Å²) >= 11 is 0. The molecule has 1 aliphatic heterocycles. The van der Waals surface area contributed by atoms with Crippen LogP contribution in [0.1, 0.15) is 57.6 Å². The molecule has 2 aromatic rings. The van der Waals surface area contributed by atoms with Crippen LogP contribution < -0.4 is 9.46 Å². The molecule has 1 heterocycles. The SMILES string of the molecule is COc1ccc(S(=O)(=O)NC2CCC(C(=O)N3CC[C@@]4(C)c5cccc(O)c5C[C@@H]3C4(C)C)C2)cc1. The zero-order chi connectivity index (χ0) is 25.9. The number of phenolic OH excluding ortho intramolecular Hbond substituents is 1. The first-order valence-corrected chi connectivity index (χ1v) is 14.2. The lowest BCUT2D eigenvalue weighted by Crippen LogP contribution is -2.65. The summed E-state index contributed by atoms with van der Waals surface area (Å²) in [5.74, 6) is 0.807. The standard InChI is InChI=1S/C28H36N2O5S/c1-27(2)25-17-22-23(6-5-7-24(22)31)28(27,3)14-15-30(25)26(32)18-8-9-19(16-18)29-36(33,34)21-12-10-20(35-4)11-13-21/h5-7,10-13,18-19,25,29,31H,8-9,14-17H2,1-4H3/t18?,19?,25-,28+/m1/s1. The number of aromatic hydroxyl groups is 1. The van der Waals surface area contributed by atoms with E-state index in [4.69, 9.17) is 4.74 Å². The third-order valence-electron chi connectivity index (χ3n) is 9.38. The number of amides is 1. The molecule has 2 aliphatic carbocycles. The van der Waals surface area contributed by atoms with Gasteiger partial charge in [-0.2, -0.15) is 0 Å². The minimum absolute atomic E-state index is 0.0143. The molecule has 1 amide bonds. The number of benzene rings is 2. The van der Waals surface area contributed by atoms with Crippen LogP contribution in [0.15, 0.2) is 47.4 Å². The molecular weight excluding hydrogens is 476 g/mol. The highest BCUT2D eigenvalue weighted by Crippen LogP contribution is 2.57. The van der Waals surface area contributed by atoms with Gasteiger partial charge >= 0.3 is 0 Å². The Morgan fingerprint density at radius 1 is 1.11 bits per heavy atom. The first kappa shape index (κ1) is 25.1. The van der Waals surface area contributed by atoms with Crippen LogP contribution in [-0.4, -0.2) is 50.1 Å². The fourth-order valence-electron chi connectivity index (χ4n) is 6.78. The summed E-state index contributed by atoms with van der Waals surface area (Å²) in [5.41, 5.74) is 1.87. The van der Waals surface area contributed by atoms with Gasteiger partial charge in [0.05, 0.1) is 12.0 Å². The van der Waals surface area contributed by atoms with E-state index in [1.54, 1.807) is 18.2 Å². The number of ether oxygens (including phenoxy) is 1. The number of sulfonamides is 1. The maximum Gasteiger partial charge on any atom is 0.240 e. The van der Waals surface area contributed by atoms with Gasteiger partial charge in [0.15, 0.2) is 0 Å². The van der Waals surface area contributed by atoms with Crippen LogP contribution in [-0.2, 0) is 26.7 Å². The number of methoxy groups -OCH3 is 1. The summed E-state index contributed by atoms with van der Waals surface area (Å²) in [6, 6.07) is 11.8. The topological polar surface area (TPSA) is 95.9 Å². The van der Waals surface area contributed by atoms with Gasteiger partial charge in [-0.15, -0.1) is 0 Å². The van der Waals surface area contributed by atoms with Gasteiger partial charge in [0.25, 0.3) is 0 Å². The molecule has 3 aliphatic rings. The van der Waals surface area contributed by atoms with Crippen LogP contribution >= 0.6 is 0 Å². The molecule has 0 spiro atoms. The van der Waals surface area contributed by atoms with Crippen molar-refractivity contribution in [2.75, 3.05) is 13.7 Å². The zero-order valence-electron chi connectivity index (χ0n) is 21.5. The number of piperidine rings is 1. The second-order valence-corrected chi connectivity index (χ2v) is 13.1. The van der Waals surface area contributed by atoms with E-state index in [2.05, 4.69) is 31.6 Å². The Kier molecular flexibility index (Phi) is 6.11. The fraction of sp³-hybridized carbons (Fsp3) is 0.536. The maximum absolute atomic E-state index is 13.8. The van der Waals surface area contributed by atoms with Crippen molar-refractivity contribution in [1.82, 2.24) is 9.62 Å². The van der Waals surface area contributed by atoms with E-state index >= 15 is 0 Å². The number of nitrogens with one attached hydrogen (secondary N) is 1. The van der Waals surface area contributed by atoms with Crippen molar-refractivity contribution in [3.8, 4) is 11.5 Å². The normalized spacial score (nSPS) is 29.0. The summed E-state index contributed by atoms with van der Waals surface area (Å²) in [6.45, 7) is 7.42. The van der Waals surface area contributed by atoms with Gasteiger partial charge in [-0.25, -0.2) is 13.1 Å². The van der Waals surface area contributed by atoms with E-state index in [1.165, 1.54) is 24.8 Å². The number of hydrogen-bond acceptors (Lipinski definition) is 5. The van der Waals surface area contributed by atoms with Crippen LogP contribution in [0.5, 0.6) is 11.5 Å². The molecule has 36 heavy (non-hydrogen) atoms. The molecule has 194 valence electrons. The van der Waals surface area contributed by atoms with Crippen LogP contribution in [0.4, 0.5) is 0 Å². The lowest BCUT2D eigenvalue weighted by molar-refractivity contribution is -0.148. The molecule has 2 N–H and O–H groups in total. The van der Waals surface area contributed by atoms with Crippen molar-refractivity contribution in [3.63, 3.8) is 0 Å². The first-order valence-electron chi connectivity index (χ1n) is 12.8. The minimum atomic E-state index is -3.68. The molecule has 0 radical (unpaired) electrons. The highest BCUT2D eigenvalue weighted by atomic mass is 32.2. The van der Waals surface area contributed by atoms with Gasteiger partial charge < -0.3 is 14.7 Å². The molecule has 8 heteroatoms. The van der Waals surface area contributed by atoms with Gasteiger partial charge in [0, 0.05) is 30.0 Å². The largest absolute Gasteiger partial charge is 0.508 e. The van der Waals surface area contributed by atoms with Crippen molar-refractivity contribution in [3.05, 3.63) is 53.6 Å². The van der Waals surface area contributed by atoms with Gasteiger partial charge in [0.2, 0.25) is 15.9 Å². The molecule has 2 unspecified atom stereocenters. The summed E-state index contributed by atoms with van der Waals surface area (Å²) in [4.78, 5) is 16.0. The average molecular weight is 513 g/mol. The van der Waals surface area contributed by atoms with Crippen LogP contribution in [0.25, 0.3) is 0 Å². The quantitative estimate of drug-likeness (QED) is 0.632. The highest BCUT2D eigenvalue weighted by molar-refractivity contribution is 7.89. The Morgan fingerprint density at radius 3 is 2.53 bits per heavy atom. The monoisotopic (exact) mass is 512 g/mol.